The first-order valence-electron chi connectivity index (χ1n) is 26.4. The fourth-order valence-corrected chi connectivity index (χ4v) is 15.0. The Balaban J connectivity index is 0.789. The van der Waals surface area contributed by atoms with Crippen LogP contribution in [-0.2, 0) is 14.3 Å². The fourth-order valence-electron chi connectivity index (χ4n) is 15.0. The van der Waals surface area contributed by atoms with Crippen LogP contribution in [0.3, 0.4) is 0 Å². The van der Waals surface area contributed by atoms with Gasteiger partial charge in [-0.25, -0.2) is 0 Å². The summed E-state index contributed by atoms with van der Waals surface area (Å²) in [6.45, 7) is 13.2. The van der Waals surface area contributed by atoms with Gasteiger partial charge in [-0.1, -0.05) is 47.5 Å². The van der Waals surface area contributed by atoms with Gasteiger partial charge in [-0.3, -0.25) is 15.1 Å². The molecule has 0 aromatic carbocycles. The summed E-state index contributed by atoms with van der Waals surface area (Å²) in [7, 11) is 3.09. The van der Waals surface area contributed by atoms with Crippen LogP contribution in [0.25, 0.3) is 0 Å². The quantitative estimate of drug-likeness (QED) is 0.0882. The van der Waals surface area contributed by atoms with Crippen LogP contribution in [0.5, 0.6) is 0 Å². The normalized spacial score (nSPS) is 41.9. The van der Waals surface area contributed by atoms with Crippen LogP contribution in [0.15, 0.2) is 4.99 Å². The predicted octanol–water partition coefficient (Wildman–Crippen LogP) is 4.85. The SMILES string of the molecule is COC(O)C(C)CC(C(C)C)C(O)CC1CCCCC1C1NCC(C2CCC3NC(C4CCC(C5CN=C(C6CCCN6C(=O)C(C(C)C)C6CC6C(O)OC)N5)CC4O)CC3C2)N1. The van der Waals surface area contributed by atoms with Gasteiger partial charge in [0.1, 0.15) is 5.84 Å². The number of carbonyl (C=O) groups is 1. The lowest BCUT2D eigenvalue weighted by molar-refractivity contribution is -0.139. The third-order valence-electron chi connectivity index (χ3n) is 18.8. The number of ether oxygens (including phenoxy) is 2. The van der Waals surface area contributed by atoms with Crippen molar-refractivity contribution >= 4 is 11.7 Å². The molecule has 13 nitrogen and oxygen atoms in total. The molecule has 21 unspecified atom stereocenters. The molecular formula is C51H90N6O7. The van der Waals surface area contributed by atoms with Crippen molar-refractivity contribution < 1.29 is 34.7 Å². The molecule has 4 aliphatic heterocycles. The summed E-state index contributed by atoms with van der Waals surface area (Å²) in [6, 6.07) is 1.61. The Bertz CT molecular complexity index is 1550. The van der Waals surface area contributed by atoms with Crippen LogP contribution in [0.4, 0.5) is 0 Å². The molecule has 0 aromatic rings. The number of nitrogens with zero attached hydrogens (tertiary/aromatic N) is 2. The third-order valence-corrected chi connectivity index (χ3v) is 18.8. The highest BCUT2D eigenvalue weighted by Gasteiger charge is 2.53. The van der Waals surface area contributed by atoms with E-state index in [4.69, 9.17) is 14.5 Å². The zero-order valence-electron chi connectivity index (χ0n) is 40.6. The van der Waals surface area contributed by atoms with Gasteiger partial charge in [0, 0.05) is 75.1 Å². The minimum Gasteiger partial charge on any atom is -0.393 e. The van der Waals surface area contributed by atoms with Gasteiger partial charge < -0.3 is 50.8 Å². The van der Waals surface area contributed by atoms with E-state index in [9.17, 15) is 25.2 Å². The number of likely N-dealkylation sites (tertiary alicyclic amines) is 1. The van der Waals surface area contributed by atoms with Crippen LogP contribution in [-0.4, -0.2) is 132 Å². The van der Waals surface area contributed by atoms with E-state index in [1.807, 2.05) is 6.92 Å². The summed E-state index contributed by atoms with van der Waals surface area (Å²) in [5.41, 5.74) is 0. The van der Waals surface area contributed by atoms with E-state index in [0.29, 0.717) is 65.7 Å². The van der Waals surface area contributed by atoms with Crippen molar-refractivity contribution in [2.75, 3.05) is 33.9 Å². The molecule has 13 heteroatoms. The summed E-state index contributed by atoms with van der Waals surface area (Å²) in [4.78, 5) is 21.2. The second-order valence-electron chi connectivity index (χ2n) is 23.3. The van der Waals surface area contributed by atoms with Gasteiger partial charge in [-0.15, -0.1) is 0 Å². The third kappa shape index (κ3) is 10.7. The van der Waals surface area contributed by atoms with Crippen molar-refractivity contribution in [1.82, 2.24) is 26.2 Å². The van der Waals surface area contributed by atoms with Gasteiger partial charge in [0.25, 0.3) is 0 Å². The van der Waals surface area contributed by atoms with Gasteiger partial charge in [0.05, 0.1) is 31.0 Å². The number of aliphatic hydroxyl groups is 4. The number of fused-ring (bicyclic) bond motifs is 1. The molecule has 1 amide bonds. The average Bonchev–Trinajstić information content (AvgIpc) is 3.82. The van der Waals surface area contributed by atoms with Crippen molar-refractivity contribution in [3.8, 4) is 0 Å². The molecular weight excluding hydrogens is 809 g/mol. The molecule has 7 fully saturated rings. The molecule has 4 heterocycles. The standard InChI is InChI=1S/C51H90N6O7/c1-27(2)36(19-29(5)50(61)63-6)45(59)22-30-11-8-9-12-34(30)47-52-25-41(55-47)31-15-17-39-33(20-31)21-40(54-39)35-16-14-32(23-44(35)58)42-26-53-48(56-42)43-13-10-18-57(43)49(60)46(28(3)4)37-24-38(37)51(62)64-7/h27-47,50-52,54-55,58-59,61-62H,8-26H2,1-7H3,(H,53,56). The predicted molar refractivity (Wildman–Crippen MR) is 250 cm³/mol. The number of hydrogen-bond acceptors (Lipinski definition) is 12. The largest absolute Gasteiger partial charge is 0.393 e. The van der Waals surface area contributed by atoms with E-state index in [1.54, 1.807) is 7.11 Å². The van der Waals surface area contributed by atoms with E-state index in [-0.39, 0.29) is 65.7 Å². The van der Waals surface area contributed by atoms with Crippen molar-refractivity contribution in [1.29, 1.82) is 0 Å². The zero-order valence-corrected chi connectivity index (χ0v) is 40.6. The van der Waals surface area contributed by atoms with E-state index in [0.717, 1.165) is 76.8 Å². The monoisotopic (exact) mass is 899 g/mol. The van der Waals surface area contributed by atoms with Crippen molar-refractivity contribution in [3.05, 3.63) is 0 Å². The van der Waals surface area contributed by atoms with Gasteiger partial charge in [0.2, 0.25) is 5.91 Å². The summed E-state index contributed by atoms with van der Waals surface area (Å²) in [6.07, 6.45) is 15.1. The van der Waals surface area contributed by atoms with E-state index in [2.05, 4.69) is 53.9 Å². The molecule has 366 valence electrons. The Labute approximate surface area is 385 Å². The number of hydrogen-bond donors (Lipinski definition) is 8. The number of aliphatic imine (C=N–C) groups is 1. The molecule has 3 saturated heterocycles. The van der Waals surface area contributed by atoms with Crippen molar-refractivity contribution in [2.24, 2.45) is 81.9 Å². The van der Waals surface area contributed by atoms with Gasteiger partial charge in [-0.05, 0) is 143 Å². The highest BCUT2D eigenvalue weighted by Crippen LogP contribution is 2.50. The van der Waals surface area contributed by atoms with Crippen molar-refractivity contribution in [3.63, 3.8) is 0 Å². The molecule has 4 aliphatic carbocycles. The maximum absolute atomic E-state index is 14.1. The lowest BCUT2D eigenvalue weighted by Crippen LogP contribution is -2.51. The first-order chi connectivity index (χ1) is 30.8. The highest BCUT2D eigenvalue weighted by atomic mass is 16.6. The lowest BCUT2D eigenvalue weighted by Gasteiger charge is -2.40. The molecule has 8 rings (SSSR count). The van der Waals surface area contributed by atoms with Crippen LogP contribution < -0.4 is 21.3 Å². The van der Waals surface area contributed by atoms with Crippen molar-refractivity contribution in [2.45, 2.75) is 199 Å². The summed E-state index contributed by atoms with van der Waals surface area (Å²) in [5.74, 6) is 4.89. The summed E-state index contributed by atoms with van der Waals surface area (Å²) < 4.78 is 10.4. The summed E-state index contributed by atoms with van der Waals surface area (Å²) in [5, 5.41) is 60.0. The molecule has 8 N–H and O–H groups in total. The van der Waals surface area contributed by atoms with Crippen LogP contribution >= 0.6 is 0 Å². The summed E-state index contributed by atoms with van der Waals surface area (Å²) >= 11 is 0. The maximum atomic E-state index is 14.1. The van der Waals surface area contributed by atoms with Crippen LogP contribution in [0.1, 0.15) is 137 Å². The van der Waals surface area contributed by atoms with Gasteiger partial charge in [0.15, 0.2) is 12.6 Å². The second-order valence-corrected chi connectivity index (χ2v) is 23.3. The number of amides is 1. The molecule has 8 aliphatic rings. The number of methoxy groups -OCH3 is 2. The Morgan fingerprint density at radius 1 is 0.766 bits per heavy atom. The van der Waals surface area contributed by atoms with Gasteiger partial charge in [-0.2, -0.15) is 0 Å². The van der Waals surface area contributed by atoms with Crippen LogP contribution in [0.2, 0.25) is 0 Å². The fraction of sp³-hybridized carbons (Fsp3) is 0.961. The van der Waals surface area contributed by atoms with Crippen LogP contribution in [0, 0.1) is 76.9 Å². The highest BCUT2D eigenvalue weighted by molar-refractivity contribution is 5.94. The molecule has 4 saturated carbocycles. The Morgan fingerprint density at radius 3 is 2.27 bits per heavy atom. The molecule has 0 bridgehead atoms. The van der Waals surface area contributed by atoms with E-state index >= 15 is 0 Å². The molecule has 0 spiro atoms. The average molecular weight is 899 g/mol. The van der Waals surface area contributed by atoms with E-state index in [1.165, 1.54) is 58.5 Å². The first-order valence-corrected chi connectivity index (χ1v) is 26.4. The minimum atomic E-state index is -0.802. The second kappa shape index (κ2) is 21.5. The Kier molecular flexibility index (Phi) is 16.4. The number of carbonyl (C=O) groups excluding carboxylic acids is 1. The number of nitrogens with one attached hydrogen (secondary N) is 4. The number of rotatable bonds is 18. The molecule has 21 atom stereocenters. The maximum Gasteiger partial charge on any atom is 0.226 e. The zero-order chi connectivity index (χ0) is 45.4. The smallest absolute Gasteiger partial charge is 0.226 e. The molecule has 64 heavy (non-hydrogen) atoms. The lowest BCUT2D eigenvalue weighted by atomic mass is 9.71. The molecule has 0 aromatic heterocycles. The first kappa shape index (κ1) is 49.0. The van der Waals surface area contributed by atoms with E-state index < -0.39 is 12.6 Å². The Hall–Kier alpha value is -1.42. The number of amidine groups is 1. The molecule has 0 radical (unpaired) electrons. The Morgan fingerprint density at radius 2 is 1.53 bits per heavy atom. The number of aliphatic hydroxyl groups excluding tert-OH is 4. The van der Waals surface area contributed by atoms with Gasteiger partial charge >= 0.3 is 0 Å². The minimum absolute atomic E-state index is 0.0100. The topological polar surface area (TPSA) is 180 Å².